The van der Waals surface area contributed by atoms with Crippen LogP contribution in [-0.4, -0.2) is 65.4 Å². The van der Waals surface area contributed by atoms with Crippen molar-refractivity contribution in [2.75, 3.05) is 26.3 Å². The molecule has 1 aliphatic carbocycles. The molecule has 0 heterocycles. The van der Waals surface area contributed by atoms with Gasteiger partial charge in [-0.15, -0.1) is 0 Å². The van der Waals surface area contributed by atoms with Gasteiger partial charge in [-0.2, -0.15) is 0 Å². The van der Waals surface area contributed by atoms with E-state index in [4.69, 9.17) is 9.84 Å². The molecule has 0 aliphatic heterocycles. The number of benzene rings is 2. The van der Waals surface area contributed by atoms with E-state index in [-0.39, 0.29) is 25.7 Å². The molecule has 0 fully saturated rings. The van der Waals surface area contributed by atoms with Gasteiger partial charge in [-0.05, 0) is 28.7 Å². The number of hydrogen-bond acceptors (Lipinski definition) is 5. The summed E-state index contributed by atoms with van der Waals surface area (Å²) in [6.45, 7) is 1.03. The van der Waals surface area contributed by atoms with Gasteiger partial charge in [0.15, 0.2) is 0 Å². The molecule has 2 aromatic carbocycles. The molecule has 0 radical (unpaired) electrons. The Morgan fingerprint density at radius 1 is 1.06 bits per heavy atom. The molecule has 0 aromatic heterocycles. The van der Waals surface area contributed by atoms with Gasteiger partial charge in [0.2, 0.25) is 5.91 Å². The van der Waals surface area contributed by atoms with Crippen LogP contribution in [0.25, 0.3) is 11.1 Å². The van der Waals surface area contributed by atoms with Crippen LogP contribution in [0.5, 0.6) is 0 Å². The third-order valence-electron chi connectivity index (χ3n) is 5.79. The van der Waals surface area contributed by atoms with Gasteiger partial charge < -0.3 is 25.2 Å². The number of aliphatic hydroxyl groups excluding tert-OH is 1. The number of ether oxygens (including phenoxy) is 1. The van der Waals surface area contributed by atoms with Crippen LogP contribution in [-0.2, 0) is 14.3 Å². The topological polar surface area (TPSA) is 116 Å². The minimum atomic E-state index is -1.19. The molecule has 0 bridgehead atoms. The number of rotatable bonds is 11. The Balaban J connectivity index is 1.68. The van der Waals surface area contributed by atoms with Crippen LogP contribution in [0, 0.1) is 0 Å². The third kappa shape index (κ3) is 5.90. The highest BCUT2D eigenvalue weighted by molar-refractivity contribution is 5.88. The van der Waals surface area contributed by atoms with Gasteiger partial charge in [0.05, 0.1) is 6.61 Å². The van der Waals surface area contributed by atoms with Crippen LogP contribution in [0.4, 0.5) is 4.79 Å². The molecule has 33 heavy (non-hydrogen) atoms. The molecule has 0 unspecified atom stereocenters. The second-order valence-electron chi connectivity index (χ2n) is 8.04. The Morgan fingerprint density at radius 2 is 1.67 bits per heavy atom. The average molecular weight is 455 g/mol. The van der Waals surface area contributed by atoms with Crippen molar-refractivity contribution in [2.45, 2.75) is 38.1 Å². The summed E-state index contributed by atoms with van der Waals surface area (Å²) in [5, 5.41) is 20.9. The number of nitrogens with zero attached hydrogens (tertiary/aromatic N) is 1. The van der Waals surface area contributed by atoms with E-state index in [0.717, 1.165) is 33.6 Å². The molecule has 3 rings (SSSR count). The molecule has 8 nitrogen and oxygen atoms in total. The Labute approximate surface area is 193 Å². The molecule has 0 spiro atoms. The standard InChI is InChI=1S/C25H30N2O6/c1-2-3-12-22(24(31)27(13-14-28)15-23(29)30)26-25(32)33-16-21-19-10-6-4-8-17(19)18-9-5-7-11-20(18)21/h4-11,21-22,28H,2-3,12-16H2,1H3,(H,26,32)(H,29,30)/t22-/m0/s1. The molecule has 8 heteroatoms. The number of nitrogens with one attached hydrogen (secondary N) is 1. The number of alkyl carbamates (subject to hydrolysis) is 1. The van der Waals surface area contributed by atoms with E-state index < -0.39 is 30.6 Å². The van der Waals surface area contributed by atoms with Crippen LogP contribution in [0.1, 0.15) is 43.2 Å². The zero-order chi connectivity index (χ0) is 23.8. The number of carbonyl (C=O) groups is 3. The number of hydrogen-bond donors (Lipinski definition) is 3. The Hall–Kier alpha value is -3.39. The summed E-state index contributed by atoms with van der Waals surface area (Å²) in [7, 11) is 0. The number of carboxylic acids is 1. The first kappa shape index (κ1) is 24.3. The van der Waals surface area contributed by atoms with Crippen molar-refractivity contribution in [2.24, 2.45) is 0 Å². The first-order valence-electron chi connectivity index (χ1n) is 11.2. The van der Waals surface area contributed by atoms with E-state index in [2.05, 4.69) is 5.32 Å². The largest absolute Gasteiger partial charge is 0.480 e. The van der Waals surface area contributed by atoms with Crippen molar-refractivity contribution in [3.63, 3.8) is 0 Å². The number of amides is 2. The lowest BCUT2D eigenvalue weighted by Crippen LogP contribution is -2.50. The highest BCUT2D eigenvalue weighted by atomic mass is 16.5. The first-order chi connectivity index (χ1) is 16.0. The number of aliphatic carboxylic acids is 1. The lowest BCUT2D eigenvalue weighted by atomic mass is 9.98. The maximum absolute atomic E-state index is 12.9. The van der Waals surface area contributed by atoms with Crippen LogP contribution >= 0.6 is 0 Å². The van der Waals surface area contributed by atoms with Gasteiger partial charge in [0.25, 0.3) is 0 Å². The molecule has 176 valence electrons. The number of aliphatic hydroxyl groups is 1. The van der Waals surface area contributed by atoms with Gasteiger partial charge in [0, 0.05) is 12.5 Å². The summed E-state index contributed by atoms with van der Waals surface area (Å²) in [5.41, 5.74) is 4.40. The lowest BCUT2D eigenvalue weighted by Gasteiger charge is -2.26. The second kappa shape index (κ2) is 11.5. The Morgan fingerprint density at radius 3 is 2.21 bits per heavy atom. The molecule has 1 aliphatic rings. The van der Waals surface area contributed by atoms with Crippen molar-refractivity contribution < 1.29 is 29.3 Å². The zero-order valence-electron chi connectivity index (χ0n) is 18.7. The van der Waals surface area contributed by atoms with E-state index in [1.807, 2.05) is 55.5 Å². The van der Waals surface area contributed by atoms with Gasteiger partial charge in [-0.1, -0.05) is 68.3 Å². The molecule has 2 amide bonds. The van der Waals surface area contributed by atoms with Crippen LogP contribution < -0.4 is 5.32 Å². The highest BCUT2D eigenvalue weighted by Gasteiger charge is 2.31. The molecule has 1 atom stereocenters. The fourth-order valence-corrected chi connectivity index (χ4v) is 4.22. The SMILES string of the molecule is CCCC[C@H](NC(=O)OCC1c2ccccc2-c2ccccc21)C(=O)N(CCO)CC(=O)O. The predicted octanol–water partition coefficient (Wildman–Crippen LogP) is 2.99. The van der Waals surface area contributed by atoms with E-state index >= 15 is 0 Å². The maximum atomic E-state index is 12.9. The minimum absolute atomic E-state index is 0.106. The summed E-state index contributed by atoms with van der Waals surface area (Å²) < 4.78 is 5.53. The van der Waals surface area contributed by atoms with Gasteiger partial charge in [-0.3, -0.25) is 9.59 Å². The predicted molar refractivity (Wildman–Crippen MR) is 123 cm³/mol. The van der Waals surface area contributed by atoms with Crippen LogP contribution in [0.3, 0.4) is 0 Å². The Kier molecular flexibility index (Phi) is 8.43. The molecule has 0 saturated heterocycles. The molecular formula is C25H30N2O6. The minimum Gasteiger partial charge on any atom is -0.480 e. The van der Waals surface area contributed by atoms with E-state index in [0.29, 0.717) is 12.8 Å². The van der Waals surface area contributed by atoms with Gasteiger partial charge in [0.1, 0.15) is 19.2 Å². The van der Waals surface area contributed by atoms with Crippen molar-refractivity contribution in [3.8, 4) is 11.1 Å². The van der Waals surface area contributed by atoms with Crippen LogP contribution in [0.2, 0.25) is 0 Å². The smallest absolute Gasteiger partial charge is 0.407 e. The first-order valence-corrected chi connectivity index (χ1v) is 11.2. The number of unbranched alkanes of at least 4 members (excludes halogenated alkanes) is 1. The number of carbonyl (C=O) groups excluding carboxylic acids is 2. The molecule has 2 aromatic rings. The van der Waals surface area contributed by atoms with Gasteiger partial charge in [-0.25, -0.2) is 4.79 Å². The van der Waals surface area contributed by atoms with E-state index in [1.165, 1.54) is 0 Å². The normalized spacial score (nSPS) is 13.0. The Bertz CT molecular complexity index is 947. The fraction of sp³-hybridized carbons (Fsp3) is 0.400. The summed E-state index contributed by atoms with van der Waals surface area (Å²) in [4.78, 5) is 37.7. The molecule has 0 saturated carbocycles. The molecule has 3 N–H and O–H groups in total. The van der Waals surface area contributed by atoms with E-state index in [1.54, 1.807) is 0 Å². The maximum Gasteiger partial charge on any atom is 0.407 e. The quantitative estimate of drug-likeness (QED) is 0.481. The summed E-state index contributed by atoms with van der Waals surface area (Å²) >= 11 is 0. The third-order valence-corrected chi connectivity index (χ3v) is 5.79. The summed E-state index contributed by atoms with van der Waals surface area (Å²) in [6, 6.07) is 15.1. The monoisotopic (exact) mass is 454 g/mol. The highest BCUT2D eigenvalue weighted by Crippen LogP contribution is 2.44. The van der Waals surface area contributed by atoms with Gasteiger partial charge >= 0.3 is 12.1 Å². The fourth-order valence-electron chi connectivity index (χ4n) is 4.22. The molecular weight excluding hydrogens is 424 g/mol. The van der Waals surface area contributed by atoms with Crippen molar-refractivity contribution in [1.82, 2.24) is 10.2 Å². The second-order valence-corrected chi connectivity index (χ2v) is 8.04. The average Bonchev–Trinajstić information content (AvgIpc) is 3.13. The number of carboxylic acid groups (broad SMARTS) is 1. The zero-order valence-corrected chi connectivity index (χ0v) is 18.7. The van der Waals surface area contributed by atoms with Crippen molar-refractivity contribution >= 4 is 18.0 Å². The lowest BCUT2D eigenvalue weighted by molar-refractivity contribution is -0.145. The number of fused-ring (bicyclic) bond motifs is 3. The summed E-state index contributed by atoms with van der Waals surface area (Å²) in [5.74, 6) is -1.84. The van der Waals surface area contributed by atoms with E-state index in [9.17, 15) is 19.5 Å². The van der Waals surface area contributed by atoms with Crippen molar-refractivity contribution in [1.29, 1.82) is 0 Å². The van der Waals surface area contributed by atoms with Crippen LogP contribution in [0.15, 0.2) is 48.5 Å². The summed E-state index contributed by atoms with van der Waals surface area (Å²) in [6.07, 6.45) is 1.08. The van der Waals surface area contributed by atoms with Crippen molar-refractivity contribution in [3.05, 3.63) is 59.7 Å².